The second-order valence-corrected chi connectivity index (χ2v) is 4.33. The van der Waals surface area contributed by atoms with Gasteiger partial charge < -0.3 is 10.6 Å². The van der Waals surface area contributed by atoms with Crippen molar-refractivity contribution < 1.29 is 0 Å². The normalized spacial score (nSPS) is 15.0. The minimum absolute atomic E-state index is 0.796. The fourth-order valence-electron chi connectivity index (χ4n) is 1.94. The second-order valence-electron chi connectivity index (χ2n) is 4.33. The van der Waals surface area contributed by atoms with Gasteiger partial charge in [-0.3, -0.25) is 9.88 Å². The van der Waals surface area contributed by atoms with Crippen molar-refractivity contribution in [3.8, 4) is 0 Å². The van der Waals surface area contributed by atoms with Crippen LogP contribution >= 0.6 is 0 Å². The number of hydrogen-bond acceptors (Lipinski definition) is 5. The molecule has 5 nitrogen and oxygen atoms in total. The number of rotatable bonds is 7. The molecule has 1 aliphatic carbocycles. The van der Waals surface area contributed by atoms with E-state index in [0.29, 0.717) is 0 Å². The van der Waals surface area contributed by atoms with Crippen molar-refractivity contribution in [1.29, 1.82) is 0 Å². The molecule has 0 saturated heterocycles. The molecule has 1 saturated carbocycles. The summed E-state index contributed by atoms with van der Waals surface area (Å²) in [5.74, 6) is 1.63. The summed E-state index contributed by atoms with van der Waals surface area (Å²) in [5.41, 5.74) is 0. The van der Waals surface area contributed by atoms with Gasteiger partial charge in [-0.1, -0.05) is 6.92 Å². The molecule has 1 aromatic rings. The molecular formula is C12H21N5. The van der Waals surface area contributed by atoms with Crippen LogP contribution in [-0.4, -0.2) is 47.6 Å². The number of nitrogens with one attached hydrogen (secondary N) is 2. The summed E-state index contributed by atoms with van der Waals surface area (Å²) in [6.07, 6.45) is 6.20. The van der Waals surface area contributed by atoms with E-state index in [0.717, 1.165) is 37.3 Å². The maximum atomic E-state index is 4.37. The van der Waals surface area contributed by atoms with E-state index >= 15 is 0 Å². The van der Waals surface area contributed by atoms with E-state index in [9.17, 15) is 0 Å². The third kappa shape index (κ3) is 3.56. The van der Waals surface area contributed by atoms with Gasteiger partial charge in [-0.05, 0) is 19.4 Å². The molecule has 94 valence electrons. The summed E-state index contributed by atoms with van der Waals surface area (Å²) in [6.45, 7) is 5.35. The highest BCUT2D eigenvalue weighted by Gasteiger charge is 2.27. The summed E-state index contributed by atoms with van der Waals surface area (Å²) in [4.78, 5) is 11.0. The first-order valence-electron chi connectivity index (χ1n) is 6.31. The van der Waals surface area contributed by atoms with Gasteiger partial charge in [-0.2, -0.15) is 0 Å². The molecule has 0 spiro atoms. The van der Waals surface area contributed by atoms with Gasteiger partial charge in [-0.15, -0.1) is 0 Å². The van der Waals surface area contributed by atoms with Crippen LogP contribution in [0.1, 0.15) is 19.8 Å². The first-order valence-corrected chi connectivity index (χ1v) is 6.31. The van der Waals surface area contributed by atoms with Crippen LogP contribution in [0.15, 0.2) is 12.4 Å². The van der Waals surface area contributed by atoms with Crippen LogP contribution in [0.2, 0.25) is 0 Å². The van der Waals surface area contributed by atoms with E-state index in [1.165, 1.54) is 12.8 Å². The van der Waals surface area contributed by atoms with Gasteiger partial charge in [0, 0.05) is 26.2 Å². The van der Waals surface area contributed by atoms with Crippen LogP contribution < -0.4 is 10.6 Å². The van der Waals surface area contributed by atoms with Crippen LogP contribution in [0, 0.1) is 0 Å². The molecule has 2 N–H and O–H groups in total. The van der Waals surface area contributed by atoms with Crippen molar-refractivity contribution >= 4 is 11.6 Å². The number of anilines is 2. The smallest absolute Gasteiger partial charge is 0.147 e. The Bertz CT molecular complexity index is 351. The molecule has 17 heavy (non-hydrogen) atoms. The molecule has 0 aromatic carbocycles. The highest BCUT2D eigenvalue weighted by molar-refractivity contribution is 5.40. The molecule has 0 unspecified atom stereocenters. The Balaban J connectivity index is 1.76. The van der Waals surface area contributed by atoms with E-state index in [2.05, 4.69) is 32.4 Å². The van der Waals surface area contributed by atoms with Crippen LogP contribution in [-0.2, 0) is 0 Å². The average molecular weight is 235 g/mol. The fourth-order valence-corrected chi connectivity index (χ4v) is 1.94. The summed E-state index contributed by atoms with van der Waals surface area (Å²) in [6, 6.07) is 0.830. The lowest BCUT2D eigenvalue weighted by Gasteiger charge is -2.19. The Labute approximate surface area is 103 Å². The maximum absolute atomic E-state index is 4.37. The van der Waals surface area contributed by atoms with E-state index in [-0.39, 0.29) is 0 Å². The van der Waals surface area contributed by atoms with Crippen molar-refractivity contribution in [3.05, 3.63) is 12.4 Å². The standard InChI is InChI=1S/C12H21N5/c1-3-17(10-4-5-10)7-6-15-12-9-14-8-11(13-2)16-12/h8-10H,3-7H2,1-2H3,(H2,13,15,16). The molecule has 0 aliphatic heterocycles. The third-order valence-electron chi connectivity index (χ3n) is 3.07. The van der Waals surface area contributed by atoms with Gasteiger partial charge in [-0.25, -0.2) is 4.98 Å². The van der Waals surface area contributed by atoms with Crippen molar-refractivity contribution in [3.63, 3.8) is 0 Å². The Morgan fingerprint density at radius 2 is 2.12 bits per heavy atom. The SMILES string of the molecule is CCN(CCNc1cncc(NC)n1)C1CC1. The highest BCUT2D eigenvalue weighted by Crippen LogP contribution is 2.25. The van der Waals surface area contributed by atoms with Crippen LogP contribution in [0.5, 0.6) is 0 Å². The number of aromatic nitrogens is 2. The minimum atomic E-state index is 0.796. The second kappa shape index (κ2) is 5.82. The summed E-state index contributed by atoms with van der Waals surface area (Å²) < 4.78 is 0. The van der Waals surface area contributed by atoms with Gasteiger partial charge in [0.25, 0.3) is 0 Å². The molecule has 2 rings (SSSR count). The lowest BCUT2D eigenvalue weighted by Crippen LogP contribution is -2.31. The maximum Gasteiger partial charge on any atom is 0.147 e. The molecule has 0 amide bonds. The van der Waals surface area contributed by atoms with Gasteiger partial charge in [0.1, 0.15) is 11.6 Å². The lowest BCUT2D eigenvalue weighted by molar-refractivity contribution is 0.289. The molecule has 1 heterocycles. The van der Waals surface area contributed by atoms with Crippen LogP contribution in [0.3, 0.4) is 0 Å². The molecule has 1 aliphatic rings. The predicted molar refractivity (Wildman–Crippen MR) is 70.3 cm³/mol. The molecule has 1 fully saturated rings. The lowest BCUT2D eigenvalue weighted by atomic mass is 10.4. The molecule has 0 atom stereocenters. The Kier molecular flexibility index (Phi) is 4.14. The topological polar surface area (TPSA) is 53.1 Å². The third-order valence-corrected chi connectivity index (χ3v) is 3.07. The predicted octanol–water partition coefficient (Wildman–Crippen LogP) is 1.41. The Hall–Kier alpha value is -1.36. The van der Waals surface area contributed by atoms with E-state index in [4.69, 9.17) is 0 Å². The Morgan fingerprint density at radius 1 is 1.35 bits per heavy atom. The molecular weight excluding hydrogens is 214 g/mol. The van der Waals surface area contributed by atoms with Gasteiger partial charge in [0.05, 0.1) is 12.4 Å². The minimum Gasteiger partial charge on any atom is -0.372 e. The van der Waals surface area contributed by atoms with Gasteiger partial charge in [0.2, 0.25) is 0 Å². The van der Waals surface area contributed by atoms with E-state index in [1.54, 1.807) is 12.4 Å². The number of likely N-dealkylation sites (N-methyl/N-ethyl adjacent to an activating group) is 1. The summed E-state index contributed by atoms with van der Waals surface area (Å²) >= 11 is 0. The van der Waals surface area contributed by atoms with Gasteiger partial charge in [0.15, 0.2) is 0 Å². The van der Waals surface area contributed by atoms with Crippen molar-refractivity contribution in [2.45, 2.75) is 25.8 Å². The zero-order valence-corrected chi connectivity index (χ0v) is 10.6. The molecule has 5 heteroatoms. The Morgan fingerprint density at radius 3 is 2.76 bits per heavy atom. The molecule has 0 bridgehead atoms. The first-order chi connectivity index (χ1) is 8.33. The first kappa shape index (κ1) is 12.1. The molecule has 0 radical (unpaired) electrons. The molecule has 1 aromatic heterocycles. The summed E-state index contributed by atoms with van der Waals surface area (Å²) in [5, 5.41) is 6.29. The fraction of sp³-hybridized carbons (Fsp3) is 0.667. The summed E-state index contributed by atoms with van der Waals surface area (Å²) in [7, 11) is 1.85. The number of nitrogens with zero attached hydrogens (tertiary/aromatic N) is 3. The van der Waals surface area contributed by atoms with Crippen molar-refractivity contribution in [1.82, 2.24) is 14.9 Å². The van der Waals surface area contributed by atoms with E-state index < -0.39 is 0 Å². The quantitative estimate of drug-likeness (QED) is 0.748. The van der Waals surface area contributed by atoms with Crippen LogP contribution in [0.25, 0.3) is 0 Å². The zero-order chi connectivity index (χ0) is 12.1. The zero-order valence-electron chi connectivity index (χ0n) is 10.6. The highest BCUT2D eigenvalue weighted by atomic mass is 15.2. The van der Waals surface area contributed by atoms with Crippen molar-refractivity contribution in [2.24, 2.45) is 0 Å². The van der Waals surface area contributed by atoms with E-state index in [1.807, 2.05) is 7.05 Å². The monoisotopic (exact) mass is 235 g/mol. The largest absolute Gasteiger partial charge is 0.372 e. The van der Waals surface area contributed by atoms with Gasteiger partial charge >= 0.3 is 0 Å². The average Bonchev–Trinajstić information content (AvgIpc) is 3.19. The van der Waals surface area contributed by atoms with Crippen molar-refractivity contribution in [2.75, 3.05) is 37.3 Å². The van der Waals surface area contributed by atoms with Crippen LogP contribution in [0.4, 0.5) is 11.6 Å². The number of hydrogen-bond donors (Lipinski definition) is 2.